The fourth-order valence-corrected chi connectivity index (χ4v) is 3.46. The fourth-order valence-electron chi connectivity index (χ4n) is 1.82. The zero-order chi connectivity index (χ0) is 17.1. The van der Waals surface area contributed by atoms with Crippen LogP contribution in [0.4, 0.5) is 5.69 Å². The standard InChI is InChI=1S/C13H21N3O5S/c1-13(2,3)12(8-14)15-22(19,20)11-7-9(16(17)18)5-6-10(11)21-4/h5-7,12,15H,8,14H2,1-4H3. The van der Waals surface area contributed by atoms with E-state index >= 15 is 0 Å². The van der Waals surface area contributed by atoms with E-state index in [2.05, 4.69) is 4.72 Å². The molecule has 22 heavy (non-hydrogen) atoms. The molecule has 0 bridgehead atoms. The minimum atomic E-state index is -4.01. The molecule has 0 saturated carbocycles. The summed E-state index contributed by atoms with van der Waals surface area (Å²) in [5, 5.41) is 10.8. The topological polar surface area (TPSA) is 125 Å². The van der Waals surface area contributed by atoms with Crippen LogP contribution in [-0.4, -0.2) is 33.0 Å². The molecule has 8 nitrogen and oxygen atoms in total. The van der Waals surface area contributed by atoms with Crippen molar-refractivity contribution in [2.24, 2.45) is 11.1 Å². The van der Waals surface area contributed by atoms with E-state index in [1.807, 2.05) is 20.8 Å². The van der Waals surface area contributed by atoms with Crippen molar-refractivity contribution in [3.8, 4) is 5.75 Å². The third-order valence-corrected chi connectivity index (χ3v) is 4.72. The van der Waals surface area contributed by atoms with Crippen molar-refractivity contribution in [3.05, 3.63) is 28.3 Å². The van der Waals surface area contributed by atoms with Crippen molar-refractivity contribution in [1.82, 2.24) is 4.72 Å². The number of ether oxygens (including phenoxy) is 1. The summed E-state index contributed by atoms with van der Waals surface area (Å²) in [7, 11) is -2.72. The molecule has 0 heterocycles. The van der Waals surface area contributed by atoms with E-state index in [0.717, 1.165) is 6.07 Å². The Balaban J connectivity index is 3.32. The first-order chi connectivity index (χ1) is 10.0. The normalized spacial score (nSPS) is 13.7. The Labute approximate surface area is 129 Å². The number of nitrogens with one attached hydrogen (secondary N) is 1. The number of nitrogens with zero attached hydrogens (tertiary/aromatic N) is 1. The number of benzene rings is 1. The van der Waals surface area contributed by atoms with Crippen molar-refractivity contribution in [1.29, 1.82) is 0 Å². The van der Waals surface area contributed by atoms with Crippen LogP contribution in [0.5, 0.6) is 5.75 Å². The summed E-state index contributed by atoms with van der Waals surface area (Å²) in [6.07, 6.45) is 0. The molecule has 0 radical (unpaired) electrons. The lowest BCUT2D eigenvalue weighted by Crippen LogP contribution is -2.48. The van der Waals surface area contributed by atoms with Crippen molar-refractivity contribution >= 4 is 15.7 Å². The van der Waals surface area contributed by atoms with E-state index in [9.17, 15) is 18.5 Å². The fraction of sp³-hybridized carbons (Fsp3) is 0.538. The minimum Gasteiger partial charge on any atom is -0.495 e. The molecule has 124 valence electrons. The predicted octanol–water partition coefficient (Wildman–Crippen LogP) is 1.26. The monoisotopic (exact) mass is 331 g/mol. The number of methoxy groups -OCH3 is 1. The Morgan fingerprint density at radius 3 is 2.41 bits per heavy atom. The Morgan fingerprint density at radius 1 is 1.41 bits per heavy atom. The second-order valence-corrected chi connectivity index (χ2v) is 7.55. The first-order valence-electron chi connectivity index (χ1n) is 6.57. The van der Waals surface area contributed by atoms with Crippen LogP contribution < -0.4 is 15.2 Å². The smallest absolute Gasteiger partial charge is 0.271 e. The zero-order valence-electron chi connectivity index (χ0n) is 13.0. The highest BCUT2D eigenvalue weighted by atomic mass is 32.2. The van der Waals surface area contributed by atoms with Crippen molar-refractivity contribution in [2.75, 3.05) is 13.7 Å². The second-order valence-electron chi connectivity index (χ2n) is 5.87. The highest BCUT2D eigenvalue weighted by Gasteiger charge is 2.31. The molecular formula is C13H21N3O5S. The molecule has 1 atom stereocenters. The van der Waals surface area contributed by atoms with Gasteiger partial charge in [-0.1, -0.05) is 20.8 Å². The Hall–Kier alpha value is -1.71. The molecule has 1 unspecified atom stereocenters. The maximum absolute atomic E-state index is 12.5. The molecule has 1 rings (SSSR count). The van der Waals surface area contributed by atoms with Gasteiger partial charge in [0, 0.05) is 24.7 Å². The van der Waals surface area contributed by atoms with Crippen LogP contribution in [0, 0.1) is 15.5 Å². The number of non-ortho nitro benzene ring substituents is 1. The quantitative estimate of drug-likeness (QED) is 0.597. The summed E-state index contributed by atoms with van der Waals surface area (Å²) in [4.78, 5) is 9.90. The van der Waals surface area contributed by atoms with Crippen LogP contribution in [0.25, 0.3) is 0 Å². The molecule has 0 aliphatic rings. The van der Waals surface area contributed by atoms with E-state index in [1.54, 1.807) is 0 Å². The molecule has 3 N–H and O–H groups in total. The van der Waals surface area contributed by atoms with E-state index in [0.29, 0.717) is 0 Å². The summed E-state index contributed by atoms with van der Waals surface area (Å²) >= 11 is 0. The van der Waals surface area contributed by atoms with Gasteiger partial charge in [-0.15, -0.1) is 0 Å². The van der Waals surface area contributed by atoms with Crippen molar-refractivity contribution < 1.29 is 18.1 Å². The molecule has 0 aliphatic carbocycles. The van der Waals surface area contributed by atoms with E-state index in [1.165, 1.54) is 19.2 Å². The molecule has 0 aromatic heterocycles. The van der Waals surface area contributed by atoms with E-state index in [-0.39, 0.29) is 22.9 Å². The van der Waals surface area contributed by atoms with Crippen molar-refractivity contribution in [2.45, 2.75) is 31.7 Å². The lowest BCUT2D eigenvalue weighted by molar-refractivity contribution is -0.385. The number of sulfonamides is 1. The molecular weight excluding hydrogens is 310 g/mol. The first-order valence-corrected chi connectivity index (χ1v) is 8.06. The average Bonchev–Trinajstić information content (AvgIpc) is 2.42. The molecule has 0 saturated heterocycles. The highest BCUT2D eigenvalue weighted by Crippen LogP contribution is 2.29. The summed E-state index contributed by atoms with van der Waals surface area (Å²) in [6.45, 7) is 5.63. The molecule has 1 aromatic carbocycles. The van der Waals surface area contributed by atoms with Crippen LogP contribution in [-0.2, 0) is 10.0 Å². The van der Waals surface area contributed by atoms with Crippen molar-refractivity contribution in [3.63, 3.8) is 0 Å². The minimum absolute atomic E-state index is 0.0304. The van der Waals surface area contributed by atoms with Gasteiger partial charge in [-0.2, -0.15) is 0 Å². The number of nitro benzene ring substituents is 1. The van der Waals surface area contributed by atoms with Crippen LogP contribution in [0.15, 0.2) is 23.1 Å². The van der Waals surface area contributed by atoms with E-state index < -0.39 is 26.4 Å². The van der Waals surface area contributed by atoms with Crippen LogP contribution in [0.2, 0.25) is 0 Å². The van der Waals surface area contributed by atoms with Crippen LogP contribution in [0.1, 0.15) is 20.8 Å². The van der Waals surface area contributed by atoms with Gasteiger partial charge in [-0.05, 0) is 11.5 Å². The van der Waals surface area contributed by atoms with Crippen LogP contribution in [0.3, 0.4) is 0 Å². The van der Waals surface area contributed by atoms with Gasteiger partial charge in [-0.25, -0.2) is 13.1 Å². The average molecular weight is 331 g/mol. The second kappa shape index (κ2) is 6.59. The lowest BCUT2D eigenvalue weighted by atomic mass is 9.88. The maximum Gasteiger partial charge on any atom is 0.271 e. The SMILES string of the molecule is COc1ccc([N+](=O)[O-])cc1S(=O)(=O)NC(CN)C(C)(C)C. The maximum atomic E-state index is 12.5. The largest absolute Gasteiger partial charge is 0.495 e. The number of hydrogen-bond donors (Lipinski definition) is 2. The number of rotatable bonds is 6. The van der Waals surface area contributed by atoms with Gasteiger partial charge in [-0.3, -0.25) is 10.1 Å². The molecule has 0 fully saturated rings. The molecule has 0 aliphatic heterocycles. The summed E-state index contributed by atoms with van der Waals surface area (Å²) < 4.78 is 32.5. The number of nitrogens with two attached hydrogens (primary N) is 1. The van der Waals surface area contributed by atoms with Gasteiger partial charge >= 0.3 is 0 Å². The van der Waals surface area contributed by atoms with Crippen LogP contribution >= 0.6 is 0 Å². The zero-order valence-corrected chi connectivity index (χ0v) is 13.8. The summed E-state index contributed by atoms with van der Waals surface area (Å²) in [6, 6.07) is 2.88. The molecule has 0 spiro atoms. The molecule has 0 amide bonds. The van der Waals surface area contributed by atoms with Gasteiger partial charge < -0.3 is 10.5 Å². The summed E-state index contributed by atoms with van der Waals surface area (Å²) in [5.41, 5.74) is 4.89. The first kappa shape index (κ1) is 18.3. The third kappa shape index (κ3) is 4.15. The number of nitro groups is 1. The van der Waals surface area contributed by atoms with Gasteiger partial charge in [0.05, 0.1) is 12.0 Å². The number of hydrogen-bond acceptors (Lipinski definition) is 6. The molecule has 9 heteroatoms. The highest BCUT2D eigenvalue weighted by molar-refractivity contribution is 7.89. The van der Waals surface area contributed by atoms with Gasteiger partial charge in [0.15, 0.2) is 0 Å². The van der Waals surface area contributed by atoms with Gasteiger partial charge in [0.1, 0.15) is 10.6 Å². The predicted molar refractivity (Wildman–Crippen MR) is 82.3 cm³/mol. The Bertz CT molecular complexity index is 652. The Kier molecular flexibility index (Phi) is 5.49. The van der Waals surface area contributed by atoms with Gasteiger partial charge in [0.2, 0.25) is 10.0 Å². The van der Waals surface area contributed by atoms with E-state index in [4.69, 9.17) is 10.5 Å². The Morgan fingerprint density at radius 2 is 2.00 bits per heavy atom. The summed E-state index contributed by atoms with van der Waals surface area (Å²) in [5.74, 6) is 0.0304. The van der Waals surface area contributed by atoms with Gasteiger partial charge in [0.25, 0.3) is 5.69 Å². The molecule has 1 aromatic rings. The lowest BCUT2D eigenvalue weighted by Gasteiger charge is -2.30. The third-order valence-electron chi connectivity index (χ3n) is 3.23.